The highest BCUT2D eigenvalue weighted by Gasteiger charge is 2.35. The standard InChI is InChI=1S/C30H36N4O8/c1-15(2)25(29(39)41-5)31-13-21(35)33-19-11-12-20(34-22(36)14-32-26(16(3)4)30(40)42-6)24-23(19)27(37)17-9-7-8-10-18(17)28(24)38/h7-12,15-16,25-26,31-32H,13-14H2,1-6H3,(H,33,35)(H,34,36)/t25-,26+. The Morgan fingerprint density at radius 1 is 0.643 bits per heavy atom. The third-order valence-corrected chi connectivity index (χ3v) is 6.83. The minimum atomic E-state index is -0.731. The second kappa shape index (κ2) is 14.0. The van der Waals surface area contributed by atoms with Gasteiger partial charge < -0.3 is 20.1 Å². The summed E-state index contributed by atoms with van der Waals surface area (Å²) in [5, 5.41) is 11.0. The molecule has 2 amide bonds. The Bertz CT molecular complexity index is 1300. The first-order valence-electron chi connectivity index (χ1n) is 13.5. The monoisotopic (exact) mass is 580 g/mol. The number of hydrogen-bond donors (Lipinski definition) is 4. The van der Waals surface area contributed by atoms with Gasteiger partial charge in [0.15, 0.2) is 11.6 Å². The van der Waals surface area contributed by atoms with Crippen LogP contribution in [0.25, 0.3) is 0 Å². The lowest BCUT2D eigenvalue weighted by molar-refractivity contribution is -0.145. The van der Waals surface area contributed by atoms with Gasteiger partial charge in [-0.2, -0.15) is 0 Å². The van der Waals surface area contributed by atoms with Crippen LogP contribution in [0, 0.1) is 11.8 Å². The van der Waals surface area contributed by atoms with Crippen LogP contribution >= 0.6 is 0 Å². The van der Waals surface area contributed by atoms with Crippen LogP contribution in [0.5, 0.6) is 0 Å². The van der Waals surface area contributed by atoms with Crippen LogP contribution in [-0.2, 0) is 28.7 Å². The summed E-state index contributed by atoms with van der Waals surface area (Å²) in [4.78, 5) is 77.1. The minimum Gasteiger partial charge on any atom is -0.468 e. The number of fused-ring (bicyclic) bond motifs is 2. The van der Waals surface area contributed by atoms with Gasteiger partial charge in [-0.15, -0.1) is 0 Å². The molecule has 42 heavy (non-hydrogen) atoms. The molecule has 2 aromatic carbocycles. The van der Waals surface area contributed by atoms with Crippen molar-refractivity contribution in [1.82, 2.24) is 10.6 Å². The molecule has 0 aliphatic heterocycles. The van der Waals surface area contributed by atoms with Gasteiger partial charge in [-0.3, -0.25) is 39.4 Å². The smallest absolute Gasteiger partial charge is 0.323 e. The number of methoxy groups -OCH3 is 2. The average Bonchev–Trinajstić information content (AvgIpc) is 2.95. The molecule has 0 unspecified atom stereocenters. The predicted molar refractivity (Wildman–Crippen MR) is 154 cm³/mol. The van der Waals surface area contributed by atoms with Gasteiger partial charge in [0.05, 0.1) is 49.8 Å². The molecule has 12 heteroatoms. The molecule has 12 nitrogen and oxygen atoms in total. The summed E-state index contributed by atoms with van der Waals surface area (Å²) in [6, 6.07) is 7.66. The van der Waals surface area contributed by atoms with E-state index in [9.17, 15) is 28.8 Å². The topological polar surface area (TPSA) is 169 Å². The summed E-state index contributed by atoms with van der Waals surface area (Å²) >= 11 is 0. The van der Waals surface area contributed by atoms with Crippen LogP contribution < -0.4 is 21.3 Å². The van der Waals surface area contributed by atoms with Crippen molar-refractivity contribution >= 4 is 46.7 Å². The SMILES string of the molecule is COC(=O)[C@@H](NCC(=O)Nc1ccc(NC(=O)CN[C@@H](C(=O)OC)C(C)C)c2c1C(=O)c1ccccc1C2=O)C(C)C. The number of ketones is 2. The lowest BCUT2D eigenvalue weighted by Gasteiger charge is -2.24. The van der Waals surface area contributed by atoms with E-state index >= 15 is 0 Å². The van der Waals surface area contributed by atoms with Gasteiger partial charge in [-0.25, -0.2) is 0 Å². The molecular weight excluding hydrogens is 544 g/mol. The molecule has 4 N–H and O–H groups in total. The van der Waals surface area contributed by atoms with E-state index in [4.69, 9.17) is 9.47 Å². The van der Waals surface area contributed by atoms with Crippen LogP contribution in [0.15, 0.2) is 36.4 Å². The van der Waals surface area contributed by atoms with Crippen LogP contribution in [0.1, 0.15) is 59.5 Å². The molecule has 0 aromatic heterocycles. The largest absolute Gasteiger partial charge is 0.468 e. The lowest BCUT2D eigenvalue weighted by atomic mass is 9.82. The van der Waals surface area contributed by atoms with Crippen molar-refractivity contribution in [2.75, 3.05) is 37.9 Å². The lowest BCUT2D eigenvalue weighted by Crippen LogP contribution is -2.45. The fraction of sp³-hybridized carbons (Fsp3) is 0.400. The van der Waals surface area contributed by atoms with Gasteiger partial charge in [0.1, 0.15) is 12.1 Å². The van der Waals surface area contributed by atoms with Crippen LogP contribution in [0.2, 0.25) is 0 Å². The van der Waals surface area contributed by atoms with Gasteiger partial charge in [-0.1, -0.05) is 52.0 Å². The Balaban J connectivity index is 1.91. The molecule has 2 atom stereocenters. The van der Waals surface area contributed by atoms with Crippen molar-refractivity contribution in [3.05, 3.63) is 58.7 Å². The molecule has 0 heterocycles. The maximum atomic E-state index is 13.6. The summed E-state index contributed by atoms with van der Waals surface area (Å²) < 4.78 is 9.57. The third kappa shape index (κ3) is 7.07. The Morgan fingerprint density at radius 2 is 1.00 bits per heavy atom. The average molecular weight is 581 g/mol. The number of nitrogens with one attached hydrogen (secondary N) is 4. The highest BCUT2D eigenvalue weighted by molar-refractivity contribution is 6.32. The number of benzene rings is 2. The Morgan fingerprint density at radius 3 is 1.31 bits per heavy atom. The van der Waals surface area contributed by atoms with Crippen LogP contribution in [-0.4, -0.2) is 74.7 Å². The first kappa shape index (κ1) is 32.1. The summed E-state index contributed by atoms with van der Waals surface area (Å²) in [7, 11) is 2.51. The van der Waals surface area contributed by atoms with Crippen molar-refractivity contribution in [2.45, 2.75) is 39.8 Å². The molecule has 0 radical (unpaired) electrons. The van der Waals surface area contributed by atoms with Crippen molar-refractivity contribution in [1.29, 1.82) is 0 Å². The number of carbonyl (C=O) groups is 6. The first-order valence-corrected chi connectivity index (χ1v) is 13.5. The molecule has 1 aliphatic rings. The van der Waals surface area contributed by atoms with Crippen molar-refractivity contribution in [3.63, 3.8) is 0 Å². The molecular formula is C30H36N4O8. The van der Waals surface area contributed by atoms with Crippen molar-refractivity contribution in [2.24, 2.45) is 11.8 Å². The zero-order valence-electron chi connectivity index (χ0n) is 24.5. The Hall–Kier alpha value is -4.42. The van der Waals surface area contributed by atoms with Crippen molar-refractivity contribution in [3.8, 4) is 0 Å². The van der Waals surface area contributed by atoms with E-state index in [0.717, 1.165) is 0 Å². The highest BCUT2D eigenvalue weighted by Crippen LogP contribution is 2.36. The second-order valence-electron chi connectivity index (χ2n) is 10.5. The van der Waals surface area contributed by atoms with Gasteiger partial charge in [0.2, 0.25) is 11.8 Å². The number of amides is 2. The number of rotatable bonds is 12. The van der Waals surface area contributed by atoms with Gasteiger partial charge in [0.25, 0.3) is 0 Å². The molecule has 3 rings (SSSR count). The predicted octanol–water partition coefficient (Wildman–Crippen LogP) is 1.91. The van der Waals surface area contributed by atoms with E-state index in [-0.39, 0.29) is 58.6 Å². The Labute approximate surface area is 243 Å². The molecule has 0 saturated carbocycles. The van der Waals surface area contributed by atoms with E-state index in [1.165, 1.54) is 38.5 Å². The zero-order chi connectivity index (χ0) is 31.1. The number of anilines is 2. The van der Waals surface area contributed by atoms with Gasteiger partial charge in [0, 0.05) is 11.1 Å². The first-order chi connectivity index (χ1) is 19.9. The fourth-order valence-electron chi connectivity index (χ4n) is 4.66. The third-order valence-electron chi connectivity index (χ3n) is 6.83. The zero-order valence-corrected chi connectivity index (χ0v) is 24.5. The van der Waals surface area contributed by atoms with E-state index in [2.05, 4.69) is 21.3 Å². The number of hydrogen-bond acceptors (Lipinski definition) is 10. The summed E-state index contributed by atoms with van der Waals surface area (Å²) in [6.45, 7) is 6.65. The fourth-order valence-corrected chi connectivity index (χ4v) is 4.66. The van der Waals surface area contributed by atoms with Crippen LogP contribution in [0.3, 0.4) is 0 Å². The van der Waals surface area contributed by atoms with Gasteiger partial charge >= 0.3 is 11.9 Å². The number of ether oxygens (including phenoxy) is 2. The van der Waals surface area contributed by atoms with Crippen molar-refractivity contribution < 1.29 is 38.2 Å². The Kier molecular flexibility index (Phi) is 10.7. The number of carbonyl (C=O) groups excluding carboxylic acids is 6. The summed E-state index contributed by atoms with van der Waals surface area (Å²) in [5.74, 6) is -3.48. The van der Waals surface area contributed by atoms with E-state index in [1.807, 2.05) is 0 Å². The van der Waals surface area contributed by atoms with Gasteiger partial charge in [-0.05, 0) is 24.0 Å². The minimum absolute atomic E-state index is 0.0687. The molecule has 1 aliphatic carbocycles. The molecule has 0 spiro atoms. The summed E-state index contributed by atoms with van der Waals surface area (Å²) in [5.41, 5.74) is 0.340. The molecule has 0 bridgehead atoms. The van der Waals surface area contributed by atoms with Crippen LogP contribution in [0.4, 0.5) is 11.4 Å². The maximum Gasteiger partial charge on any atom is 0.323 e. The summed E-state index contributed by atoms with van der Waals surface area (Å²) in [6.07, 6.45) is 0. The second-order valence-corrected chi connectivity index (χ2v) is 10.5. The maximum absolute atomic E-state index is 13.6. The quantitative estimate of drug-likeness (QED) is 0.232. The molecule has 2 aromatic rings. The molecule has 224 valence electrons. The molecule has 0 fully saturated rings. The molecule has 0 saturated heterocycles. The van der Waals surface area contributed by atoms with E-state index < -0.39 is 47.4 Å². The highest BCUT2D eigenvalue weighted by atomic mass is 16.5. The normalized spacial score (nSPS) is 13.6. The number of esters is 2. The van der Waals surface area contributed by atoms with E-state index in [1.54, 1.807) is 39.8 Å². The van der Waals surface area contributed by atoms with E-state index in [0.29, 0.717) is 0 Å².